The summed E-state index contributed by atoms with van der Waals surface area (Å²) < 4.78 is 0. The molecule has 1 aromatic heterocycles. The first-order valence-corrected chi connectivity index (χ1v) is 9.52. The topological polar surface area (TPSA) is 36.4 Å². The maximum absolute atomic E-state index is 12.9. The molecule has 2 atom stereocenters. The number of piperidine rings is 1. The molecule has 0 aliphatic carbocycles. The first kappa shape index (κ1) is 15.8. The van der Waals surface area contributed by atoms with Crippen molar-refractivity contribution >= 4 is 17.2 Å². The van der Waals surface area contributed by atoms with E-state index in [2.05, 4.69) is 47.1 Å². The van der Waals surface area contributed by atoms with E-state index < -0.39 is 0 Å². The number of rotatable bonds is 4. The highest BCUT2D eigenvalue weighted by atomic mass is 32.1. The molecule has 0 radical (unpaired) electrons. The highest BCUT2D eigenvalue weighted by Gasteiger charge is 2.53. The van der Waals surface area contributed by atoms with Crippen LogP contribution in [0, 0.1) is 5.41 Å². The number of amides is 1. The minimum Gasteiger partial charge on any atom is -0.336 e. The Bertz CT molecular complexity index is 703. The smallest absolute Gasteiger partial charge is 0.232 e. The van der Waals surface area contributed by atoms with Crippen LogP contribution in [0.5, 0.6) is 0 Å². The number of thiazole rings is 1. The quantitative estimate of drug-likeness (QED) is 0.801. The molecule has 2 aliphatic heterocycles. The number of aromatic nitrogens is 1. The summed E-state index contributed by atoms with van der Waals surface area (Å²) in [5, 5.41) is 0. The fourth-order valence-corrected chi connectivity index (χ4v) is 4.74. The zero-order valence-electron chi connectivity index (χ0n) is 14.0. The Morgan fingerprint density at radius 1 is 1.29 bits per heavy atom. The molecule has 126 valence electrons. The maximum Gasteiger partial charge on any atom is 0.232 e. The lowest BCUT2D eigenvalue weighted by Crippen LogP contribution is -2.66. The number of benzene rings is 1. The second-order valence-electron chi connectivity index (χ2n) is 7.07. The van der Waals surface area contributed by atoms with Gasteiger partial charge in [0.2, 0.25) is 5.91 Å². The number of carbonyl (C=O) groups is 1. The van der Waals surface area contributed by atoms with Gasteiger partial charge in [0.1, 0.15) is 0 Å². The van der Waals surface area contributed by atoms with Crippen molar-refractivity contribution in [2.24, 2.45) is 5.41 Å². The lowest BCUT2D eigenvalue weighted by atomic mass is 9.72. The summed E-state index contributed by atoms with van der Waals surface area (Å²) in [6, 6.07) is 11.0. The minimum atomic E-state index is -0.147. The third-order valence-corrected chi connectivity index (χ3v) is 6.27. The molecule has 4 rings (SSSR count). The Kier molecular flexibility index (Phi) is 4.14. The third-order valence-electron chi connectivity index (χ3n) is 5.50. The second kappa shape index (κ2) is 6.30. The lowest BCUT2D eigenvalue weighted by molar-refractivity contribution is -0.168. The van der Waals surface area contributed by atoms with Crippen molar-refractivity contribution in [1.29, 1.82) is 0 Å². The average Bonchev–Trinajstić information content (AvgIpc) is 3.15. The average molecular weight is 341 g/mol. The summed E-state index contributed by atoms with van der Waals surface area (Å²) in [5.41, 5.74) is 3.02. The van der Waals surface area contributed by atoms with Gasteiger partial charge in [-0.15, -0.1) is 11.3 Å². The van der Waals surface area contributed by atoms with Gasteiger partial charge in [-0.25, -0.2) is 0 Å². The summed E-state index contributed by atoms with van der Waals surface area (Å²) in [7, 11) is 0. The number of likely N-dealkylation sites (tertiary alicyclic amines) is 2. The highest BCUT2D eigenvalue weighted by Crippen LogP contribution is 2.43. The molecule has 1 aromatic carbocycles. The fourth-order valence-electron chi connectivity index (χ4n) is 4.13. The fraction of sp³-hybridized carbons (Fsp3) is 0.474. The van der Waals surface area contributed by atoms with E-state index in [9.17, 15) is 4.79 Å². The first-order chi connectivity index (χ1) is 11.7. The highest BCUT2D eigenvalue weighted by molar-refractivity contribution is 7.09. The molecule has 5 heteroatoms. The number of β-lactam (4-membered cyclic amide) rings is 1. The van der Waals surface area contributed by atoms with Gasteiger partial charge in [0, 0.05) is 30.2 Å². The largest absolute Gasteiger partial charge is 0.336 e. The Hall–Kier alpha value is -1.72. The van der Waals surface area contributed by atoms with Gasteiger partial charge in [-0.2, -0.15) is 0 Å². The SMILES string of the molecule is C[C@H](c1ccccc1)N1CCC[C@]2(CN(Cc3cncs3)C2=O)C1. The standard InChI is InChI=1S/C19H23N3OS/c1-15(16-6-3-2-4-7-16)21-9-5-8-19(12-21)13-22(18(19)23)11-17-10-20-14-24-17/h2-4,6-7,10,14-15H,5,8-9,11-13H2,1H3/t15-,19-/m1/s1. The van der Waals surface area contributed by atoms with E-state index in [0.717, 1.165) is 39.0 Å². The van der Waals surface area contributed by atoms with Crippen LogP contribution in [-0.4, -0.2) is 40.3 Å². The maximum atomic E-state index is 12.9. The molecule has 1 spiro atoms. The van der Waals surface area contributed by atoms with Crippen LogP contribution in [0.2, 0.25) is 0 Å². The van der Waals surface area contributed by atoms with Gasteiger partial charge in [-0.05, 0) is 31.9 Å². The van der Waals surface area contributed by atoms with Crippen molar-refractivity contribution in [2.75, 3.05) is 19.6 Å². The minimum absolute atomic E-state index is 0.147. The molecule has 3 heterocycles. The molecule has 0 N–H and O–H groups in total. The summed E-state index contributed by atoms with van der Waals surface area (Å²) in [4.78, 5) is 22.6. The van der Waals surface area contributed by atoms with Crippen LogP contribution in [0.15, 0.2) is 42.0 Å². The van der Waals surface area contributed by atoms with Crippen molar-refractivity contribution < 1.29 is 4.79 Å². The zero-order chi connectivity index (χ0) is 16.6. The molecule has 24 heavy (non-hydrogen) atoms. The summed E-state index contributed by atoms with van der Waals surface area (Å²) in [6.45, 7) is 5.84. The Labute approximate surface area is 147 Å². The van der Waals surface area contributed by atoms with Crippen LogP contribution in [0.1, 0.15) is 36.2 Å². The molecule has 0 bridgehead atoms. The van der Waals surface area contributed by atoms with Gasteiger partial charge in [0.05, 0.1) is 17.5 Å². The molecule has 4 nitrogen and oxygen atoms in total. The molecule has 2 aliphatic rings. The molecule has 0 saturated carbocycles. The normalized spacial score (nSPS) is 25.7. The number of hydrogen-bond donors (Lipinski definition) is 0. The van der Waals surface area contributed by atoms with Crippen LogP contribution >= 0.6 is 11.3 Å². The number of hydrogen-bond acceptors (Lipinski definition) is 4. The summed E-state index contributed by atoms with van der Waals surface area (Å²) >= 11 is 1.62. The van der Waals surface area contributed by atoms with Crippen molar-refractivity contribution in [2.45, 2.75) is 32.4 Å². The molecular weight excluding hydrogens is 318 g/mol. The van der Waals surface area contributed by atoms with Gasteiger partial charge in [-0.3, -0.25) is 14.7 Å². The van der Waals surface area contributed by atoms with Crippen LogP contribution < -0.4 is 0 Å². The van der Waals surface area contributed by atoms with E-state index in [0.29, 0.717) is 11.9 Å². The van der Waals surface area contributed by atoms with E-state index in [1.165, 1.54) is 10.4 Å². The van der Waals surface area contributed by atoms with Gasteiger partial charge in [0.25, 0.3) is 0 Å². The van der Waals surface area contributed by atoms with Crippen LogP contribution in [0.3, 0.4) is 0 Å². The van der Waals surface area contributed by atoms with Crippen LogP contribution in [0.25, 0.3) is 0 Å². The van der Waals surface area contributed by atoms with Crippen molar-refractivity contribution in [3.05, 3.63) is 52.5 Å². The monoisotopic (exact) mass is 341 g/mol. The summed E-state index contributed by atoms with van der Waals surface area (Å²) in [6.07, 6.45) is 4.01. The molecule has 0 unspecified atom stereocenters. The van der Waals surface area contributed by atoms with Crippen molar-refractivity contribution in [3.63, 3.8) is 0 Å². The van der Waals surface area contributed by atoms with Gasteiger partial charge >= 0.3 is 0 Å². The molecular formula is C19H23N3OS. The second-order valence-corrected chi connectivity index (χ2v) is 8.04. The van der Waals surface area contributed by atoms with E-state index >= 15 is 0 Å². The first-order valence-electron chi connectivity index (χ1n) is 8.64. The number of carbonyl (C=O) groups excluding carboxylic acids is 1. The van der Waals surface area contributed by atoms with Crippen LogP contribution in [-0.2, 0) is 11.3 Å². The zero-order valence-corrected chi connectivity index (χ0v) is 14.8. The van der Waals surface area contributed by atoms with Gasteiger partial charge in [-0.1, -0.05) is 30.3 Å². The Balaban J connectivity index is 1.43. The van der Waals surface area contributed by atoms with Gasteiger partial charge in [0.15, 0.2) is 0 Å². The molecule has 2 aromatic rings. The molecule has 2 saturated heterocycles. The summed E-state index contributed by atoms with van der Waals surface area (Å²) in [5.74, 6) is 0.334. The Morgan fingerprint density at radius 3 is 2.83 bits per heavy atom. The van der Waals surface area contributed by atoms with Gasteiger partial charge < -0.3 is 4.90 Å². The predicted molar refractivity (Wildman–Crippen MR) is 95.6 cm³/mol. The number of nitrogens with zero attached hydrogens (tertiary/aromatic N) is 3. The predicted octanol–water partition coefficient (Wildman–Crippen LogP) is 3.33. The van der Waals surface area contributed by atoms with Crippen molar-refractivity contribution in [3.8, 4) is 0 Å². The van der Waals surface area contributed by atoms with E-state index in [4.69, 9.17) is 0 Å². The van der Waals surface area contributed by atoms with E-state index in [1.54, 1.807) is 11.3 Å². The molecule has 1 amide bonds. The third kappa shape index (κ3) is 2.76. The van der Waals surface area contributed by atoms with Crippen molar-refractivity contribution in [1.82, 2.24) is 14.8 Å². The lowest BCUT2D eigenvalue weighted by Gasteiger charge is -2.54. The molecule has 2 fully saturated rings. The van der Waals surface area contributed by atoms with Crippen LogP contribution in [0.4, 0.5) is 0 Å². The van der Waals surface area contributed by atoms with E-state index in [1.807, 2.05) is 16.6 Å². The Morgan fingerprint density at radius 2 is 2.12 bits per heavy atom. The van der Waals surface area contributed by atoms with E-state index in [-0.39, 0.29) is 5.41 Å².